The molecule has 1 aliphatic rings. The maximum Gasteiger partial charge on any atom is 0.416 e. The lowest BCUT2D eigenvalue weighted by molar-refractivity contribution is -0.137. The number of nitrogens with zero attached hydrogens (tertiary/aromatic N) is 1. The largest absolute Gasteiger partial charge is 0.444 e. The summed E-state index contributed by atoms with van der Waals surface area (Å²) in [6.45, 7) is 6.28. The van der Waals surface area contributed by atoms with E-state index in [2.05, 4.69) is 0 Å². The standard InChI is InChI=1S/C18H23F4NO2/c1-17(2,3)25-16(24)23-6-4-5-12(11-23)7-13-8-14(18(20,21)22)10-15(19)9-13/h8-10,12H,4-7,11H2,1-3H3. The number of amides is 1. The molecule has 0 N–H and O–H groups in total. The number of halogens is 4. The van der Waals surface area contributed by atoms with Crippen LogP contribution in [-0.4, -0.2) is 29.7 Å². The molecule has 0 saturated carbocycles. The lowest BCUT2D eigenvalue weighted by Crippen LogP contribution is -2.43. The summed E-state index contributed by atoms with van der Waals surface area (Å²) in [6, 6.07) is 2.61. The zero-order valence-corrected chi connectivity index (χ0v) is 14.6. The Bertz CT molecular complexity index is 622. The number of hydrogen-bond acceptors (Lipinski definition) is 2. The fourth-order valence-corrected chi connectivity index (χ4v) is 2.99. The van der Waals surface area contributed by atoms with Crippen molar-refractivity contribution >= 4 is 6.09 Å². The topological polar surface area (TPSA) is 29.5 Å². The molecule has 0 aliphatic carbocycles. The van der Waals surface area contributed by atoms with E-state index in [0.717, 1.165) is 25.0 Å². The second kappa shape index (κ2) is 7.22. The van der Waals surface area contributed by atoms with Crippen molar-refractivity contribution in [3.05, 3.63) is 35.1 Å². The predicted octanol–water partition coefficient (Wildman–Crippen LogP) is 5.03. The first-order valence-electron chi connectivity index (χ1n) is 8.28. The van der Waals surface area contributed by atoms with E-state index in [-0.39, 0.29) is 5.92 Å². The first kappa shape index (κ1) is 19.5. The van der Waals surface area contributed by atoms with Crippen molar-refractivity contribution in [3.8, 4) is 0 Å². The van der Waals surface area contributed by atoms with Crippen LogP contribution >= 0.6 is 0 Å². The summed E-state index contributed by atoms with van der Waals surface area (Å²) < 4.78 is 57.3. The smallest absolute Gasteiger partial charge is 0.416 e. The SMILES string of the molecule is CC(C)(C)OC(=O)N1CCCC(Cc2cc(F)cc(C(F)(F)F)c2)C1. The Morgan fingerprint density at radius 2 is 1.92 bits per heavy atom. The summed E-state index contributed by atoms with van der Waals surface area (Å²) in [7, 11) is 0. The van der Waals surface area contributed by atoms with Crippen molar-refractivity contribution in [3.63, 3.8) is 0 Å². The van der Waals surface area contributed by atoms with E-state index in [0.29, 0.717) is 31.1 Å². The first-order valence-corrected chi connectivity index (χ1v) is 8.28. The molecule has 140 valence electrons. The molecule has 1 heterocycles. The highest BCUT2D eigenvalue weighted by molar-refractivity contribution is 5.68. The molecule has 25 heavy (non-hydrogen) atoms. The quantitative estimate of drug-likeness (QED) is 0.691. The summed E-state index contributed by atoms with van der Waals surface area (Å²) >= 11 is 0. The molecule has 1 aromatic carbocycles. The molecule has 1 fully saturated rings. The van der Waals surface area contributed by atoms with Crippen LogP contribution in [0.15, 0.2) is 18.2 Å². The number of piperidine rings is 1. The summed E-state index contributed by atoms with van der Waals surface area (Å²) in [5, 5.41) is 0. The second-order valence-corrected chi connectivity index (χ2v) is 7.48. The van der Waals surface area contributed by atoms with Gasteiger partial charge in [-0.2, -0.15) is 13.2 Å². The number of rotatable bonds is 2. The van der Waals surface area contributed by atoms with Crippen LogP contribution in [0.5, 0.6) is 0 Å². The lowest BCUT2D eigenvalue weighted by atomic mass is 9.91. The number of alkyl halides is 3. The Morgan fingerprint density at radius 3 is 2.52 bits per heavy atom. The molecule has 1 atom stereocenters. The number of likely N-dealkylation sites (tertiary alicyclic amines) is 1. The molecule has 2 rings (SSSR count). The zero-order valence-electron chi connectivity index (χ0n) is 14.6. The minimum absolute atomic E-state index is 0.0239. The molecule has 3 nitrogen and oxygen atoms in total. The molecule has 7 heteroatoms. The second-order valence-electron chi connectivity index (χ2n) is 7.48. The van der Waals surface area contributed by atoms with Crippen molar-refractivity contribution in [2.75, 3.05) is 13.1 Å². The van der Waals surface area contributed by atoms with E-state index in [4.69, 9.17) is 4.74 Å². The number of benzene rings is 1. The van der Waals surface area contributed by atoms with Gasteiger partial charge in [0, 0.05) is 13.1 Å². The molecule has 1 unspecified atom stereocenters. The Labute approximate surface area is 145 Å². The number of carbonyl (C=O) groups excluding carboxylic acids is 1. The molecule has 0 spiro atoms. The molecule has 1 aliphatic heterocycles. The van der Waals surface area contributed by atoms with E-state index in [9.17, 15) is 22.4 Å². The van der Waals surface area contributed by atoms with Crippen LogP contribution in [0, 0.1) is 11.7 Å². The van der Waals surface area contributed by atoms with Crippen molar-refractivity contribution in [1.82, 2.24) is 4.90 Å². The van der Waals surface area contributed by atoms with Gasteiger partial charge < -0.3 is 9.64 Å². The van der Waals surface area contributed by atoms with Crippen molar-refractivity contribution in [2.45, 2.75) is 51.8 Å². The minimum atomic E-state index is -4.58. The van der Waals surface area contributed by atoms with Gasteiger partial charge in [-0.25, -0.2) is 9.18 Å². The highest BCUT2D eigenvalue weighted by atomic mass is 19.4. The van der Waals surface area contributed by atoms with Gasteiger partial charge in [-0.15, -0.1) is 0 Å². The van der Waals surface area contributed by atoms with Crippen LogP contribution < -0.4 is 0 Å². The summed E-state index contributed by atoms with van der Waals surface area (Å²) in [5.74, 6) is -0.922. The van der Waals surface area contributed by atoms with Gasteiger partial charge in [-0.1, -0.05) is 0 Å². The molecule has 1 saturated heterocycles. The zero-order chi connectivity index (χ0) is 18.8. The van der Waals surface area contributed by atoms with E-state index in [1.54, 1.807) is 25.7 Å². The van der Waals surface area contributed by atoms with Crippen molar-refractivity contribution in [2.24, 2.45) is 5.92 Å². The van der Waals surface area contributed by atoms with E-state index >= 15 is 0 Å². The summed E-state index contributed by atoms with van der Waals surface area (Å²) in [6.07, 6.45) is -3.19. The normalized spacial score (nSPS) is 19.0. The van der Waals surface area contributed by atoms with Gasteiger partial charge in [0.25, 0.3) is 0 Å². The molecule has 0 bridgehead atoms. The highest BCUT2D eigenvalue weighted by Gasteiger charge is 2.32. The Hall–Kier alpha value is -1.79. The van der Waals surface area contributed by atoms with Gasteiger partial charge in [0.2, 0.25) is 0 Å². The average molecular weight is 361 g/mol. The van der Waals surface area contributed by atoms with Crippen LogP contribution in [0.2, 0.25) is 0 Å². The fourth-order valence-electron chi connectivity index (χ4n) is 2.99. The third kappa shape index (κ3) is 5.90. The van der Waals surface area contributed by atoms with E-state index in [1.165, 1.54) is 0 Å². The van der Waals surface area contributed by atoms with E-state index in [1.807, 2.05) is 0 Å². The lowest BCUT2D eigenvalue weighted by Gasteiger charge is -2.34. The molecular weight excluding hydrogens is 338 g/mol. The van der Waals surface area contributed by atoms with Crippen LogP contribution in [0.25, 0.3) is 0 Å². The van der Waals surface area contributed by atoms with Crippen LogP contribution in [-0.2, 0) is 17.3 Å². The van der Waals surface area contributed by atoms with Crippen LogP contribution in [0.4, 0.5) is 22.4 Å². The third-order valence-electron chi connectivity index (χ3n) is 3.98. The van der Waals surface area contributed by atoms with Gasteiger partial charge in [-0.05, 0) is 69.7 Å². The van der Waals surface area contributed by atoms with Crippen LogP contribution in [0.1, 0.15) is 44.7 Å². The third-order valence-corrected chi connectivity index (χ3v) is 3.98. The molecular formula is C18H23F4NO2. The van der Waals surface area contributed by atoms with E-state index < -0.39 is 29.3 Å². The van der Waals surface area contributed by atoms with Gasteiger partial charge >= 0.3 is 12.3 Å². The number of carbonyl (C=O) groups is 1. The van der Waals surface area contributed by atoms with Crippen molar-refractivity contribution in [1.29, 1.82) is 0 Å². The highest BCUT2D eigenvalue weighted by Crippen LogP contribution is 2.31. The Balaban J connectivity index is 2.05. The minimum Gasteiger partial charge on any atom is -0.444 e. The van der Waals surface area contributed by atoms with Gasteiger partial charge in [0.15, 0.2) is 0 Å². The number of hydrogen-bond donors (Lipinski definition) is 0. The maximum atomic E-state index is 13.5. The van der Waals surface area contributed by atoms with Crippen LogP contribution in [0.3, 0.4) is 0 Å². The predicted molar refractivity (Wildman–Crippen MR) is 85.6 cm³/mol. The summed E-state index contributed by atoms with van der Waals surface area (Å²) in [4.78, 5) is 13.7. The first-order chi connectivity index (χ1) is 11.4. The number of ether oxygens (including phenoxy) is 1. The van der Waals surface area contributed by atoms with Crippen molar-refractivity contribution < 1.29 is 27.1 Å². The molecule has 1 amide bonds. The maximum absolute atomic E-state index is 13.5. The van der Waals surface area contributed by atoms with Gasteiger partial charge in [0.1, 0.15) is 11.4 Å². The summed E-state index contributed by atoms with van der Waals surface area (Å²) in [5.41, 5.74) is -1.29. The molecule has 0 aromatic heterocycles. The Kier molecular flexibility index (Phi) is 5.64. The Morgan fingerprint density at radius 1 is 1.24 bits per heavy atom. The fraction of sp³-hybridized carbons (Fsp3) is 0.611. The monoisotopic (exact) mass is 361 g/mol. The van der Waals surface area contributed by atoms with Gasteiger partial charge in [-0.3, -0.25) is 0 Å². The van der Waals surface area contributed by atoms with Gasteiger partial charge in [0.05, 0.1) is 5.56 Å². The average Bonchev–Trinajstić information content (AvgIpc) is 2.44. The molecule has 1 aromatic rings. The molecule has 0 radical (unpaired) electrons.